The van der Waals surface area contributed by atoms with Crippen molar-refractivity contribution in [2.24, 2.45) is 0 Å². The Hall–Kier alpha value is -3.19. The highest BCUT2D eigenvalue weighted by Crippen LogP contribution is 2.48. The minimum atomic E-state index is -0.894. The number of benzene rings is 2. The Kier molecular flexibility index (Phi) is 5.37. The summed E-state index contributed by atoms with van der Waals surface area (Å²) in [6, 6.07) is 18.4. The van der Waals surface area contributed by atoms with Crippen molar-refractivity contribution < 1.29 is 14.4 Å². The molecule has 2 aliphatic carbocycles. The SMILES string of the molecule is O=C(O)c1ccc(N2CCC(c3nc(C4(CN[C@H]5C[C@@H]5c5ccccc5)CC4)no3)CC2)cc1. The van der Waals surface area contributed by atoms with Crippen LogP contribution < -0.4 is 10.2 Å². The topological polar surface area (TPSA) is 91.5 Å². The molecule has 3 fully saturated rings. The zero-order chi connectivity index (χ0) is 23.1. The maximum Gasteiger partial charge on any atom is 0.335 e. The predicted molar refractivity (Wildman–Crippen MR) is 128 cm³/mol. The average molecular weight is 459 g/mol. The van der Waals surface area contributed by atoms with Gasteiger partial charge in [-0.05, 0) is 61.9 Å². The molecule has 0 amide bonds. The van der Waals surface area contributed by atoms with Crippen molar-refractivity contribution in [2.45, 2.75) is 55.4 Å². The van der Waals surface area contributed by atoms with Crippen molar-refractivity contribution in [2.75, 3.05) is 24.5 Å². The number of rotatable bonds is 8. The van der Waals surface area contributed by atoms with Gasteiger partial charge >= 0.3 is 5.97 Å². The highest BCUT2D eigenvalue weighted by molar-refractivity contribution is 5.88. The fraction of sp³-hybridized carbons (Fsp3) is 0.444. The Labute approximate surface area is 199 Å². The molecule has 1 aliphatic heterocycles. The Morgan fingerprint density at radius 1 is 1.09 bits per heavy atom. The van der Waals surface area contributed by atoms with Gasteiger partial charge in [0.1, 0.15) is 0 Å². The van der Waals surface area contributed by atoms with Crippen LogP contribution in [0.3, 0.4) is 0 Å². The van der Waals surface area contributed by atoms with E-state index < -0.39 is 5.97 Å². The van der Waals surface area contributed by atoms with Gasteiger partial charge in [-0.25, -0.2) is 4.79 Å². The van der Waals surface area contributed by atoms with Gasteiger partial charge in [-0.3, -0.25) is 0 Å². The minimum absolute atomic E-state index is 0.0398. The first-order valence-corrected chi connectivity index (χ1v) is 12.3. The van der Waals surface area contributed by atoms with Gasteiger partial charge in [0.2, 0.25) is 5.89 Å². The molecule has 0 spiro atoms. The quantitative estimate of drug-likeness (QED) is 0.519. The number of nitrogens with one attached hydrogen (secondary N) is 1. The number of aromatic carboxylic acids is 1. The molecule has 3 aromatic rings. The van der Waals surface area contributed by atoms with Crippen LogP contribution in [0.15, 0.2) is 59.1 Å². The molecule has 176 valence electrons. The molecule has 1 aromatic heterocycles. The zero-order valence-corrected chi connectivity index (χ0v) is 19.2. The third-order valence-electron chi connectivity index (χ3n) is 7.81. The summed E-state index contributed by atoms with van der Waals surface area (Å²) in [5, 5.41) is 17.3. The number of carbonyl (C=O) groups is 1. The van der Waals surface area contributed by atoms with E-state index >= 15 is 0 Å². The lowest BCUT2D eigenvalue weighted by Crippen LogP contribution is -2.33. The molecule has 0 bridgehead atoms. The first-order valence-electron chi connectivity index (χ1n) is 12.3. The van der Waals surface area contributed by atoms with E-state index in [1.165, 1.54) is 12.0 Å². The molecule has 6 rings (SSSR count). The van der Waals surface area contributed by atoms with E-state index in [2.05, 4.69) is 45.7 Å². The van der Waals surface area contributed by atoms with Crippen molar-refractivity contribution >= 4 is 11.7 Å². The largest absolute Gasteiger partial charge is 0.478 e. The van der Waals surface area contributed by atoms with Crippen LogP contribution in [0.2, 0.25) is 0 Å². The summed E-state index contributed by atoms with van der Waals surface area (Å²) in [5.74, 6) is 1.66. The molecule has 3 aliphatic rings. The monoisotopic (exact) mass is 458 g/mol. The number of hydrogen-bond acceptors (Lipinski definition) is 6. The second-order valence-electron chi connectivity index (χ2n) is 10.1. The van der Waals surface area contributed by atoms with Crippen molar-refractivity contribution in [1.82, 2.24) is 15.5 Å². The van der Waals surface area contributed by atoms with Crippen LogP contribution in [0.5, 0.6) is 0 Å². The first-order chi connectivity index (χ1) is 16.6. The second kappa shape index (κ2) is 8.55. The van der Waals surface area contributed by atoms with E-state index in [-0.39, 0.29) is 11.3 Å². The van der Waals surface area contributed by atoms with Gasteiger partial charge in [-0.1, -0.05) is 35.5 Å². The maximum atomic E-state index is 11.1. The van der Waals surface area contributed by atoms with Crippen molar-refractivity contribution in [3.8, 4) is 0 Å². The molecule has 2 aromatic carbocycles. The minimum Gasteiger partial charge on any atom is -0.478 e. The second-order valence-corrected chi connectivity index (χ2v) is 10.1. The summed E-state index contributed by atoms with van der Waals surface area (Å²) < 4.78 is 5.75. The standard InChI is InChI=1S/C27H30N4O3/c32-25(33)20-6-8-21(9-7-20)31-14-10-19(11-15-31)24-29-26(30-34-24)27(12-13-27)17-28-23-16-22(23)18-4-2-1-3-5-18/h1-9,19,22-23,28H,10-17H2,(H,32,33)/t22-,23+/m1/s1. The Morgan fingerprint density at radius 3 is 2.50 bits per heavy atom. The van der Waals surface area contributed by atoms with E-state index in [0.717, 1.165) is 62.7 Å². The number of piperidine rings is 1. The first kappa shape index (κ1) is 21.4. The van der Waals surface area contributed by atoms with E-state index in [1.807, 2.05) is 12.1 Å². The predicted octanol–water partition coefficient (Wildman–Crippen LogP) is 4.33. The average Bonchev–Trinajstić information content (AvgIpc) is 3.80. The van der Waals surface area contributed by atoms with Crippen LogP contribution in [0.4, 0.5) is 5.69 Å². The van der Waals surface area contributed by atoms with Gasteiger partial charge in [0, 0.05) is 48.6 Å². The zero-order valence-electron chi connectivity index (χ0n) is 19.2. The smallest absolute Gasteiger partial charge is 0.335 e. The number of anilines is 1. The fourth-order valence-corrected chi connectivity index (χ4v) is 5.26. The van der Waals surface area contributed by atoms with E-state index in [9.17, 15) is 4.79 Å². The molecule has 2 N–H and O–H groups in total. The van der Waals surface area contributed by atoms with E-state index in [1.54, 1.807) is 12.1 Å². The molecular weight excluding hydrogens is 428 g/mol. The lowest BCUT2D eigenvalue weighted by atomic mass is 9.96. The summed E-state index contributed by atoms with van der Waals surface area (Å²) >= 11 is 0. The Bertz CT molecular complexity index is 1150. The van der Waals surface area contributed by atoms with Gasteiger partial charge in [-0.2, -0.15) is 4.98 Å². The summed E-state index contributed by atoms with van der Waals surface area (Å²) in [6.07, 6.45) is 5.34. The lowest BCUT2D eigenvalue weighted by Gasteiger charge is -2.32. The van der Waals surface area contributed by atoms with Crippen LogP contribution >= 0.6 is 0 Å². The van der Waals surface area contributed by atoms with Crippen LogP contribution in [0.1, 0.15) is 71.6 Å². The van der Waals surface area contributed by atoms with Crippen LogP contribution in [-0.4, -0.2) is 46.9 Å². The molecule has 0 radical (unpaired) electrons. The van der Waals surface area contributed by atoms with Gasteiger partial charge in [0.25, 0.3) is 0 Å². The molecule has 1 saturated heterocycles. The van der Waals surface area contributed by atoms with Crippen LogP contribution in [-0.2, 0) is 5.41 Å². The van der Waals surface area contributed by atoms with E-state index in [4.69, 9.17) is 14.6 Å². The normalized spacial score (nSPS) is 23.6. The molecule has 2 atom stereocenters. The Morgan fingerprint density at radius 2 is 1.82 bits per heavy atom. The van der Waals surface area contributed by atoms with Crippen molar-refractivity contribution in [1.29, 1.82) is 0 Å². The lowest BCUT2D eigenvalue weighted by molar-refractivity contribution is 0.0697. The number of carboxylic acid groups (broad SMARTS) is 1. The van der Waals surface area contributed by atoms with Gasteiger partial charge in [-0.15, -0.1) is 0 Å². The summed E-state index contributed by atoms with van der Waals surface area (Å²) in [6.45, 7) is 2.71. The molecule has 34 heavy (non-hydrogen) atoms. The number of carboxylic acids is 1. The molecular formula is C27H30N4O3. The molecule has 0 unspecified atom stereocenters. The summed E-state index contributed by atoms with van der Waals surface area (Å²) in [7, 11) is 0. The third kappa shape index (κ3) is 4.20. The van der Waals surface area contributed by atoms with Crippen LogP contribution in [0, 0.1) is 0 Å². The van der Waals surface area contributed by atoms with Crippen molar-refractivity contribution in [3.05, 3.63) is 77.4 Å². The number of hydrogen-bond donors (Lipinski definition) is 2. The fourth-order valence-electron chi connectivity index (χ4n) is 5.26. The highest BCUT2D eigenvalue weighted by Gasteiger charge is 2.50. The van der Waals surface area contributed by atoms with Gasteiger partial charge < -0.3 is 19.8 Å². The summed E-state index contributed by atoms with van der Waals surface area (Å²) in [4.78, 5) is 18.2. The van der Waals surface area contributed by atoms with Crippen LogP contribution in [0.25, 0.3) is 0 Å². The Balaban J connectivity index is 1.03. The molecule has 7 nitrogen and oxygen atoms in total. The van der Waals surface area contributed by atoms with Gasteiger partial charge in [0.05, 0.1) is 5.56 Å². The van der Waals surface area contributed by atoms with E-state index in [0.29, 0.717) is 17.5 Å². The number of nitrogens with zero attached hydrogens (tertiary/aromatic N) is 3. The summed E-state index contributed by atoms with van der Waals surface area (Å²) in [5.41, 5.74) is 2.85. The van der Waals surface area contributed by atoms with Crippen molar-refractivity contribution in [3.63, 3.8) is 0 Å². The third-order valence-corrected chi connectivity index (χ3v) is 7.81. The maximum absolute atomic E-state index is 11.1. The highest BCUT2D eigenvalue weighted by atomic mass is 16.5. The van der Waals surface area contributed by atoms with Gasteiger partial charge in [0.15, 0.2) is 5.82 Å². The molecule has 2 heterocycles. The molecule has 7 heteroatoms. The number of aromatic nitrogens is 2. The molecule has 2 saturated carbocycles.